The summed E-state index contributed by atoms with van der Waals surface area (Å²) in [5.74, 6) is 1.98. The van der Waals surface area contributed by atoms with Crippen molar-refractivity contribution >= 4 is 48.6 Å². The normalized spacial score (nSPS) is 11.2. The molecule has 0 aliphatic rings. The lowest BCUT2D eigenvalue weighted by Crippen LogP contribution is -2.09. The van der Waals surface area contributed by atoms with Gasteiger partial charge in [0.25, 0.3) is 0 Å². The van der Waals surface area contributed by atoms with Crippen molar-refractivity contribution in [3.63, 3.8) is 0 Å². The Bertz CT molecular complexity index is 2870. The smallest absolute Gasteiger partial charge is 0.164 e. The first-order valence-corrected chi connectivity index (χ1v) is 19.5. The van der Waals surface area contributed by atoms with E-state index in [0.717, 1.165) is 33.8 Å². The lowest BCUT2D eigenvalue weighted by Gasteiger charge is -2.26. The molecular weight excluding hydrogens is 701 g/mol. The highest BCUT2D eigenvalue weighted by Gasteiger charge is 2.16. The third-order valence-corrected chi connectivity index (χ3v) is 11.3. The van der Waals surface area contributed by atoms with Crippen molar-refractivity contribution < 1.29 is 0 Å². The van der Waals surface area contributed by atoms with Crippen molar-refractivity contribution in [2.75, 3.05) is 4.90 Å². The van der Waals surface area contributed by atoms with Gasteiger partial charge < -0.3 is 4.90 Å². The van der Waals surface area contributed by atoms with Crippen LogP contribution in [0, 0.1) is 0 Å². The molecule has 0 aliphatic carbocycles. The van der Waals surface area contributed by atoms with E-state index in [1.54, 1.807) is 11.3 Å². The summed E-state index contributed by atoms with van der Waals surface area (Å²) in [5.41, 5.74) is 11.0. The highest BCUT2D eigenvalue weighted by Crippen LogP contribution is 2.40. The van der Waals surface area contributed by atoms with Crippen LogP contribution in [0.15, 0.2) is 206 Å². The van der Waals surface area contributed by atoms with E-state index in [-0.39, 0.29) is 0 Å². The molecule has 0 saturated heterocycles. The van der Waals surface area contributed by atoms with Crippen LogP contribution in [0.2, 0.25) is 0 Å². The maximum absolute atomic E-state index is 4.97. The van der Waals surface area contributed by atoms with Crippen molar-refractivity contribution in [2.45, 2.75) is 0 Å². The quantitative estimate of drug-likeness (QED) is 0.156. The maximum Gasteiger partial charge on any atom is 0.164 e. The highest BCUT2D eigenvalue weighted by atomic mass is 32.1. The predicted molar refractivity (Wildman–Crippen MR) is 235 cm³/mol. The number of para-hydroxylation sites is 1. The molecule has 2 aromatic heterocycles. The third kappa shape index (κ3) is 6.51. The molecule has 0 aliphatic heterocycles. The van der Waals surface area contributed by atoms with Gasteiger partial charge in [-0.25, -0.2) is 15.0 Å². The van der Waals surface area contributed by atoms with Crippen LogP contribution in [0.5, 0.6) is 0 Å². The van der Waals surface area contributed by atoms with E-state index >= 15 is 0 Å². The molecule has 10 rings (SSSR count). The van der Waals surface area contributed by atoms with Gasteiger partial charge in [-0.3, -0.25) is 0 Å². The van der Waals surface area contributed by atoms with Gasteiger partial charge >= 0.3 is 0 Å². The largest absolute Gasteiger partial charge is 0.311 e. The first-order chi connectivity index (χ1) is 27.7. The van der Waals surface area contributed by atoms with Gasteiger partial charge in [0.2, 0.25) is 0 Å². The van der Waals surface area contributed by atoms with Crippen LogP contribution in [-0.4, -0.2) is 15.0 Å². The molecule has 56 heavy (non-hydrogen) atoms. The number of hydrogen-bond donors (Lipinski definition) is 0. The molecule has 0 fully saturated rings. The summed E-state index contributed by atoms with van der Waals surface area (Å²) in [4.78, 5) is 17.1. The van der Waals surface area contributed by atoms with Gasteiger partial charge in [0.1, 0.15) is 0 Å². The second kappa shape index (κ2) is 14.6. The van der Waals surface area contributed by atoms with Crippen molar-refractivity contribution in [3.8, 4) is 56.4 Å². The maximum atomic E-state index is 4.97. The highest BCUT2D eigenvalue weighted by molar-refractivity contribution is 7.25. The van der Waals surface area contributed by atoms with Crippen LogP contribution < -0.4 is 4.90 Å². The molecule has 0 bridgehead atoms. The average molecular weight is 735 g/mol. The minimum absolute atomic E-state index is 0.661. The lowest BCUT2D eigenvalue weighted by molar-refractivity contribution is 1.07. The molecule has 8 aromatic carbocycles. The molecule has 0 unspecified atom stereocenters. The topological polar surface area (TPSA) is 41.9 Å². The zero-order valence-electron chi connectivity index (χ0n) is 30.3. The average Bonchev–Trinajstić information content (AvgIpc) is 3.65. The van der Waals surface area contributed by atoms with Crippen LogP contribution in [0.3, 0.4) is 0 Å². The second-order valence-electron chi connectivity index (χ2n) is 13.7. The van der Waals surface area contributed by atoms with Crippen molar-refractivity contribution in [1.29, 1.82) is 0 Å². The Morgan fingerprint density at radius 1 is 0.286 bits per heavy atom. The number of thiophene rings is 1. The van der Waals surface area contributed by atoms with E-state index in [4.69, 9.17) is 15.0 Å². The molecule has 5 heteroatoms. The number of fused-ring (bicyclic) bond motifs is 3. The van der Waals surface area contributed by atoms with Gasteiger partial charge in [-0.2, -0.15) is 0 Å². The molecule has 0 N–H and O–H groups in total. The van der Waals surface area contributed by atoms with E-state index in [2.05, 4.69) is 150 Å². The predicted octanol–water partition coefficient (Wildman–Crippen LogP) is 14.0. The summed E-state index contributed by atoms with van der Waals surface area (Å²) in [7, 11) is 0. The summed E-state index contributed by atoms with van der Waals surface area (Å²) < 4.78 is 2.45. The van der Waals surface area contributed by atoms with E-state index in [0.29, 0.717) is 17.5 Å². The minimum atomic E-state index is 0.661. The van der Waals surface area contributed by atoms with E-state index < -0.39 is 0 Å². The van der Waals surface area contributed by atoms with E-state index in [9.17, 15) is 0 Å². The Kier molecular flexibility index (Phi) is 8.67. The Labute approximate surface area is 329 Å². The first kappa shape index (κ1) is 33.4. The van der Waals surface area contributed by atoms with Gasteiger partial charge in [0, 0.05) is 53.9 Å². The number of hydrogen-bond acceptors (Lipinski definition) is 5. The zero-order valence-corrected chi connectivity index (χ0v) is 31.1. The van der Waals surface area contributed by atoms with Gasteiger partial charge in [-0.15, -0.1) is 11.3 Å². The molecule has 4 nitrogen and oxygen atoms in total. The summed E-state index contributed by atoms with van der Waals surface area (Å²) >= 11 is 1.80. The summed E-state index contributed by atoms with van der Waals surface area (Å²) in [6.45, 7) is 0. The number of anilines is 3. The van der Waals surface area contributed by atoms with Crippen LogP contribution in [0.25, 0.3) is 76.6 Å². The molecule has 2 heterocycles. The molecule has 0 radical (unpaired) electrons. The fourth-order valence-electron chi connectivity index (χ4n) is 7.29. The monoisotopic (exact) mass is 734 g/mol. The van der Waals surface area contributed by atoms with Crippen molar-refractivity contribution in [3.05, 3.63) is 206 Å². The zero-order chi connectivity index (χ0) is 37.3. The summed E-state index contributed by atoms with van der Waals surface area (Å²) in [6.07, 6.45) is 0. The van der Waals surface area contributed by atoms with Gasteiger partial charge in [0.15, 0.2) is 17.5 Å². The second-order valence-corrected chi connectivity index (χ2v) is 14.8. The fourth-order valence-corrected chi connectivity index (χ4v) is 8.42. The van der Waals surface area contributed by atoms with Gasteiger partial charge in [-0.1, -0.05) is 152 Å². The van der Waals surface area contributed by atoms with E-state index in [1.165, 1.54) is 42.4 Å². The molecular formula is C51H34N4S. The first-order valence-electron chi connectivity index (χ1n) is 18.7. The van der Waals surface area contributed by atoms with Crippen LogP contribution in [-0.2, 0) is 0 Å². The lowest BCUT2D eigenvalue weighted by atomic mass is 10.0. The number of rotatable bonds is 8. The van der Waals surface area contributed by atoms with Crippen LogP contribution in [0.4, 0.5) is 17.1 Å². The molecule has 0 saturated carbocycles. The van der Waals surface area contributed by atoms with Crippen LogP contribution >= 0.6 is 11.3 Å². The minimum Gasteiger partial charge on any atom is -0.311 e. The SMILES string of the molecule is c1ccc(-c2ccc(N(c3ccccc3)c3ccc(-c4ccc5sc6cc(-c7nc(-c8ccccc8)nc(-c8ccccc8)n7)ccc6c5c4)cc3)cc2)cc1. The number of nitrogens with zero attached hydrogens (tertiary/aromatic N) is 4. The molecule has 10 aromatic rings. The van der Waals surface area contributed by atoms with Crippen molar-refractivity contribution in [2.24, 2.45) is 0 Å². The molecule has 264 valence electrons. The summed E-state index contributed by atoms with van der Waals surface area (Å²) in [6, 6.07) is 72.4. The Morgan fingerprint density at radius 2 is 0.696 bits per heavy atom. The standard InChI is InChI=1S/C51H34N4S/c1-5-13-35(14-6-1)36-21-27-43(28-22-36)55(42-19-11-4-12-20-42)44-29-23-37(24-30-44)40-26-32-47-46(33-40)45-31-25-41(34-48(45)56-47)51-53-49(38-15-7-2-8-16-38)52-50(54-51)39-17-9-3-10-18-39/h1-34H. The van der Waals surface area contributed by atoms with Gasteiger partial charge in [-0.05, 0) is 76.9 Å². The van der Waals surface area contributed by atoms with Crippen molar-refractivity contribution in [1.82, 2.24) is 15.0 Å². The molecule has 0 atom stereocenters. The van der Waals surface area contributed by atoms with E-state index in [1.807, 2.05) is 60.7 Å². The Morgan fingerprint density at radius 3 is 1.25 bits per heavy atom. The van der Waals surface area contributed by atoms with Gasteiger partial charge in [0.05, 0.1) is 0 Å². The Balaban J connectivity index is 0.980. The Hall–Kier alpha value is -7.21. The van der Waals surface area contributed by atoms with Crippen LogP contribution in [0.1, 0.15) is 0 Å². The number of benzene rings is 8. The molecule has 0 amide bonds. The molecule has 0 spiro atoms. The fraction of sp³-hybridized carbons (Fsp3) is 0. The summed E-state index contributed by atoms with van der Waals surface area (Å²) in [5, 5.41) is 2.47. The number of aromatic nitrogens is 3. The third-order valence-electron chi connectivity index (χ3n) is 10.1.